The zero-order valence-electron chi connectivity index (χ0n) is 4.86. The van der Waals surface area contributed by atoms with Gasteiger partial charge in [-0.25, -0.2) is 0 Å². The third-order valence-electron chi connectivity index (χ3n) is 0.855. The first kappa shape index (κ1) is 6.19. The maximum absolute atomic E-state index is 3.66. The van der Waals surface area contributed by atoms with E-state index in [1.165, 1.54) is 0 Å². The lowest BCUT2D eigenvalue weighted by molar-refractivity contribution is 1.52. The first-order chi connectivity index (χ1) is 3.18. The van der Waals surface area contributed by atoms with E-state index in [1.54, 1.807) is 0 Å². The second-order valence-corrected chi connectivity index (χ2v) is 1.52. The van der Waals surface area contributed by atoms with Gasteiger partial charge in [-0.1, -0.05) is 6.58 Å². The van der Waals surface area contributed by atoms with E-state index in [1.807, 2.05) is 13.8 Å². The molecule has 0 aliphatic carbocycles. The van der Waals surface area contributed by atoms with Crippen LogP contribution in [0.15, 0.2) is 12.2 Å². The van der Waals surface area contributed by atoms with Crippen molar-refractivity contribution in [1.29, 1.82) is 0 Å². The first-order valence-corrected chi connectivity index (χ1v) is 2.14. The van der Waals surface area contributed by atoms with E-state index >= 15 is 0 Å². The van der Waals surface area contributed by atoms with Crippen molar-refractivity contribution in [1.82, 2.24) is 4.67 Å². The SMILES string of the molecule is C=[N+]=C(C)C(=C)C. The lowest BCUT2D eigenvalue weighted by Crippen LogP contribution is -1.93. The fourth-order valence-electron chi connectivity index (χ4n) is 0.135. The smallest absolute Gasteiger partial charge is 0.106 e. The highest BCUT2D eigenvalue weighted by atomic mass is 14.5. The van der Waals surface area contributed by atoms with Gasteiger partial charge in [-0.2, -0.15) is 0 Å². The molecule has 0 radical (unpaired) electrons. The van der Waals surface area contributed by atoms with Crippen LogP contribution in [0.25, 0.3) is 0 Å². The van der Waals surface area contributed by atoms with Gasteiger partial charge in [0, 0.05) is 12.5 Å². The summed E-state index contributed by atoms with van der Waals surface area (Å²) in [6.07, 6.45) is 0. The number of hydrogen-bond acceptors (Lipinski definition) is 0. The van der Waals surface area contributed by atoms with E-state index in [4.69, 9.17) is 0 Å². The predicted octanol–water partition coefficient (Wildman–Crippen LogP) is 0.791. The summed E-state index contributed by atoms with van der Waals surface area (Å²) in [5.74, 6) is 0. The lowest BCUT2D eigenvalue weighted by Gasteiger charge is -1.74. The van der Waals surface area contributed by atoms with Crippen molar-refractivity contribution in [3.63, 3.8) is 0 Å². The third-order valence-corrected chi connectivity index (χ3v) is 0.855. The van der Waals surface area contributed by atoms with Gasteiger partial charge in [0.05, 0.1) is 0 Å². The number of rotatable bonds is 1. The van der Waals surface area contributed by atoms with Crippen molar-refractivity contribution in [3.8, 4) is 0 Å². The van der Waals surface area contributed by atoms with Crippen molar-refractivity contribution >= 4 is 12.4 Å². The quantitative estimate of drug-likeness (QED) is 0.338. The zero-order chi connectivity index (χ0) is 5.86. The predicted molar refractivity (Wildman–Crippen MR) is 34.7 cm³/mol. The molecule has 7 heavy (non-hydrogen) atoms. The Morgan fingerprint density at radius 2 is 1.86 bits per heavy atom. The number of hydrogen-bond donors (Lipinski definition) is 0. The molecule has 38 valence electrons. The Morgan fingerprint density at radius 1 is 1.43 bits per heavy atom. The first-order valence-electron chi connectivity index (χ1n) is 2.14. The van der Waals surface area contributed by atoms with Gasteiger partial charge in [-0.3, -0.25) is 0 Å². The van der Waals surface area contributed by atoms with Gasteiger partial charge >= 0.3 is 5.71 Å². The average Bonchev–Trinajstić information content (AvgIpc) is 1.65. The number of nitrogens with zero attached hydrogens (tertiary/aromatic N) is 1. The summed E-state index contributed by atoms with van der Waals surface area (Å²) < 4.78 is 3.66. The topological polar surface area (TPSA) is 14.1 Å². The normalized spacial score (nSPS) is 7.14. The van der Waals surface area contributed by atoms with Crippen LogP contribution in [0.5, 0.6) is 0 Å². The highest BCUT2D eigenvalue weighted by Crippen LogP contribution is 1.83. The molecule has 0 aromatic heterocycles. The maximum atomic E-state index is 3.66. The van der Waals surface area contributed by atoms with E-state index in [0.717, 1.165) is 11.3 Å². The lowest BCUT2D eigenvalue weighted by atomic mass is 10.2. The summed E-state index contributed by atoms with van der Waals surface area (Å²) in [6.45, 7) is 10.8. The molecule has 0 rings (SSSR count). The average molecular weight is 96.2 g/mol. The van der Waals surface area contributed by atoms with Crippen LogP contribution in [0.4, 0.5) is 0 Å². The Bertz CT molecular complexity index is 127. The van der Waals surface area contributed by atoms with Crippen molar-refractivity contribution in [2.75, 3.05) is 0 Å². The molecule has 0 bridgehead atoms. The highest BCUT2D eigenvalue weighted by molar-refractivity contribution is 5.96. The van der Waals surface area contributed by atoms with Gasteiger partial charge in [-0.05, 0) is 6.92 Å². The van der Waals surface area contributed by atoms with Gasteiger partial charge in [0.15, 0.2) is 0 Å². The monoisotopic (exact) mass is 96.1 g/mol. The standard InChI is InChI=1S/C6H10N/c1-5(2)6(3)7-4/h1,4H2,2-3H3/q+1. The minimum Gasteiger partial charge on any atom is -0.106 e. The Labute approximate surface area is 44.1 Å². The molecule has 0 saturated carbocycles. The molecule has 1 nitrogen and oxygen atoms in total. The fraction of sp³-hybridized carbons (Fsp3) is 0.333. The Morgan fingerprint density at radius 3 is 1.86 bits per heavy atom. The molecule has 0 heterocycles. The van der Waals surface area contributed by atoms with E-state index in [0.29, 0.717) is 0 Å². The van der Waals surface area contributed by atoms with Crippen LogP contribution in [-0.4, -0.2) is 12.4 Å². The molecule has 0 saturated heterocycles. The summed E-state index contributed by atoms with van der Waals surface area (Å²) in [7, 11) is 0. The van der Waals surface area contributed by atoms with Gasteiger partial charge < -0.3 is 0 Å². The molecule has 0 amide bonds. The fourth-order valence-corrected chi connectivity index (χ4v) is 0.135. The molecule has 1 heteroatoms. The molecule has 0 atom stereocenters. The van der Waals surface area contributed by atoms with Crippen LogP contribution in [0.2, 0.25) is 0 Å². The van der Waals surface area contributed by atoms with Crippen molar-refractivity contribution in [2.45, 2.75) is 13.8 Å². The summed E-state index contributed by atoms with van der Waals surface area (Å²) >= 11 is 0. The minimum absolute atomic E-state index is 0.917. The van der Waals surface area contributed by atoms with E-state index in [9.17, 15) is 0 Å². The molecule has 0 unspecified atom stereocenters. The highest BCUT2D eigenvalue weighted by Gasteiger charge is 1.96. The Hall–Kier alpha value is -0.810. The van der Waals surface area contributed by atoms with Crippen LogP contribution in [-0.2, 0) is 0 Å². The van der Waals surface area contributed by atoms with E-state index in [2.05, 4.69) is 18.0 Å². The third kappa shape index (κ3) is 1.96. The largest absolute Gasteiger partial charge is 0.302 e. The maximum Gasteiger partial charge on any atom is 0.302 e. The van der Waals surface area contributed by atoms with Gasteiger partial charge in [0.2, 0.25) is 0 Å². The van der Waals surface area contributed by atoms with Gasteiger partial charge in [0.1, 0.15) is 0 Å². The molecule has 0 aromatic rings. The minimum atomic E-state index is 0.917. The van der Waals surface area contributed by atoms with Crippen LogP contribution in [0.3, 0.4) is 0 Å². The molecular weight excluding hydrogens is 86.1 g/mol. The van der Waals surface area contributed by atoms with Crippen LogP contribution in [0.1, 0.15) is 13.8 Å². The molecule has 0 fully saturated rings. The van der Waals surface area contributed by atoms with E-state index < -0.39 is 0 Å². The van der Waals surface area contributed by atoms with E-state index in [-0.39, 0.29) is 0 Å². The zero-order valence-corrected chi connectivity index (χ0v) is 4.86. The summed E-state index contributed by atoms with van der Waals surface area (Å²) in [5, 5.41) is 0. The molecule has 0 spiro atoms. The van der Waals surface area contributed by atoms with Crippen molar-refractivity contribution < 1.29 is 0 Å². The summed E-state index contributed by atoms with van der Waals surface area (Å²) in [6, 6.07) is 0. The molecule has 0 aliphatic rings. The summed E-state index contributed by atoms with van der Waals surface area (Å²) in [4.78, 5) is 0. The molecule has 0 N–H and O–H groups in total. The second-order valence-electron chi connectivity index (χ2n) is 1.52. The van der Waals surface area contributed by atoms with Crippen molar-refractivity contribution in [2.24, 2.45) is 0 Å². The van der Waals surface area contributed by atoms with Gasteiger partial charge in [0.25, 0.3) is 6.72 Å². The Balaban J connectivity index is 4.10. The summed E-state index contributed by atoms with van der Waals surface area (Å²) in [5.41, 5.74) is 1.90. The molecular formula is C6H10N+. The second kappa shape index (κ2) is 2.38. The van der Waals surface area contributed by atoms with Crippen LogP contribution < -0.4 is 4.67 Å². The van der Waals surface area contributed by atoms with Crippen LogP contribution >= 0.6 is 0 Å². The number of allylic oxidation sites excluding steroid dienone is 1. The molecule has 0 aromatic carbocycles. The molecule has 0 aliphatic heterocycles. The Kier molecular flexibility index (Phi) is 2.10. The van der Waals surface area contributed by atoms with Crippen LogP contribution in [0, 0.1) is 0 Å². The van der Waals surface area contributed by atoms with Gasteiger partial charge in [-0.15, -0.1) is 4.67 Å². The van der Waals surface area contributed by atoms with Crippen molar-refractivity contribution in [3.05, 3.63) is 12.2 Å².